The molecule has 10 heteroatoms. The van der Waals surface area contributed by atoms with Crippen LogP contribution in [0.3, 0.4) is 0 Å². The number of anilines is 1. The van der Waals surface area contributed by atoms with Crippen molar-refractivity contribution in [3.63, 3.8) is 0 Å². The molecule has 5 nitrogen and oxygen atoms in total. The van der Waals surface area contributed by atoms with Crippen molar-refractivity contribution in [3.8, 4) is 0 Å². The topological polar surface area (TPSA) is 66.5 Å². The monoisotopic (exact) mass is 446 g/mol. The highest BCUT2D eigenvalue weighted by molar-refractivity contribution is 7.89. The first-order chi connectivity index (χ1) is 13.6. The maximum atomic E-state index is 13.0. The lowest BCUT2D eigenvalue weighted by atomic mass is 9.98. The van der Waals surface area contributed by atoms with E-state index in [2.05, 4.69) is 5.32 Å². The molecule has 2 aromatic rings. The number of nitrogens with one attached hydrogen (secondary N) is 1. The van der Waals surface area contributed by atoms with E-state index in [-0.39, 0.29) is 23.7 Å². The highest BCUT2D eigenvalue weighted by Crippen LogP contribution is 2.36. The summed E-state index contributed by atoms with van der Waals surface area (Å²) in [6, 6.07) is 11.0. The van der Waals surface area contributed by atoms with E-state index >= 15 is 0 Å². The Kier molecular flexibility index (Phi) is 6.21. The van der Waals surface area contributed by atoms with Crippen LogP contribution < -0.4 is 5.32 Å². The number of sulfonamides is 1. The molecule has 1 heterocycles. The zero-order valence-electron chi connectivity index (χ0n) is 15.1. The van der Waals surface area contributed by atoms with Crippen molar-refractivity contribution in [2.75, 3.05) is 18.4 Å². The Hall–Kier alpha value is -2.10. The lowest BCUT2D eigenvalue weighted by Crippen LogP contribution is -2.43. The number of amides is 1. The number of benzene rings is 2. The number of hydrogen-bond acceptors (Lipinski definition) is 3. The molecule has 1 saturated heterocycles. The van der Waals surface area contributed by atoms with Crippen molar-refractivity contribution >= 4 is 33.2 Å². The Balaban J connectivity index is 1.74. The fourth-order valence-corrected chi connectivity index (χ4v) is 4.95. The van der Waals surface area contributed by atoms with Crippen LogP contribution in [0.5, 0.6) is 0 Å². The van der Waals surface area contributed by atoms with Gasteiger partial charge in [-0.15, -0.1) is 0 Å². The van der Waals surface area contributed by atoms with Crippen molar-refractivity contribution in [1.29, 1.82) is 0 Å². The molecule has 0 radical (unpaired) electrons. The minimum absolute atomic E-state index is 0.0389. The van der Waals surface area contributed by atoms with Crippen molar-refractivity contribution in [1.82, 2.24) is 4.31 Å². The first-order valence-electron chi connectivity index (χ1n) is 8.82. The molecule has 0 unspecified atom stereocenters. The number of rotatable bonds is 4. The zero-order valence-corrected chi connectivity index (χ0v) is 16.7. The number of nitrogens with zero attached hydrogens (tertiary/aromatic N) is 1. The minimum Gasteiger partial charge on any atom is -0.326 e. The van der Waals surface area contributed by atoms with Gasteiger partial charge in [0, 0.05) is 18.8 Å². The van der Waals surface area contributed by atoms with Gasteiger partial charge in [-0.05, 0) is 43.2 Å². The van der Waals surface area contributed by atoms with E-state index in [0.29, 0.717) is 12.8 Å². The summed E-state index contributed by atoms with van der Waals surface area (Å²) in [6.07, 6.45) is -3.74. The first kappa shape index (κ1) is 21.6. The number of hydrogen-bond donors (Lipinski definition) is 1. The van der Waals surface area contributed by atoms with Crippen LogP contribution in [0.4, 0.5) is 18.9 Å². The highest BCUT2D eigenvalue weighted by Gasteiger charge is 2.35. The van der Waals surface area contributed by atoms with Crippen LogP contribution in [-0.2, 0) is 21.0 Å². The van der Waals surface area contributed by atoms with E-state index in [9.17, 15) is 26.4 Å². The molecule has 1 aliphatic rings. The smallest absolute Gasteiger partial charge is 0.326 e. The summed E-state index contributed by atoms with van der Waals surface area (Å²) in [5.74, 6) is -1.21. The molecule has 0 bridgehead atoms. The van der Waals surface area contributed by atoms with Crippen LogP contribution in [0.2, 0.25) is 5.02 Å². The standard InChI is InChI=1S/C19H18ClF3N2O3S/c20-17-9-8-14(11-16(17)19(21,22)23)24-18(26)13-5-4-10-25(12-13)29(27,28)15-6-2-1-3-7-15/h1-3,6-9,11,13H,4-5,10,12H2,(H,24,26)/t13-/m0/s1. The Labute approximate surface area is 171 Å². The fourth-order valence-electron chi connectivity index (χ4n) is 3.18. The highest BCUT2D eigenvalue weighted by atomic mass is 35.5. The van der Waals surface area contributed by atoms with Crippen molar-refractivity contribution in [3.05, 3.63) is 59.1 Å². The molecular formula is C19H18ClF3N2O3S. The van der Waals surface area contributed by atoms with Crippen molar-refractivity contribution < 1.29 is 26.4 Å². The van der Waals surface area contributed by atoms with Crippen LogP contribution in [0.25, 0.3) is 0 Å². The lowest BCUT2D eigenvalue weighted by molar-refractivity contribution is -0.137. The molecule has 1 N–H and O–H groups in total. The summed E-state index contributed by atoms with van der Waals surface area (Å²) in [6.45, 7) is 0.239. The predicted octanol–water partition coefficient (Wildman–Crippen LogP) is 4.40. The maximum absolute atomic E-state index is 13.0. The molecule has 0 aromatic heterocycles. The second-order valence-corrected chi connectivity index (χ2v) is 9.04. The number of alkyl halides is 3. The molecule has 0 aliphatic carbocycles. The Morgan fingerprint density at radius 1 is 1.14 bits per heavy atom. The van der Waals surface area contributed by atoms with Gasteiger partial charge in [-0.1, -0.05) is 29.8 Å². The van der Waals surface area contributed by atoms with Gasteiger partial charge < -0.3 is 5.32 Å². The fraction of sp³-hybridized carbons (Fsp3) is 0.316. The van der Waals surface area contributed by atoms with Gasteiger partial charge >= 0.3 is 6.18 Å². The molecule has 1 amide bonds. The second-order valence-electron chi connectivity index (χ2n) is 6.70. The molecule has 29 heavy (non-hydrogen) atoms. The molecule has 1 atom stereocenters. The molecule has 1 fully saturated rings. The van der Waals surface area contributed by atoms with Gasteiger partial charge in [-0.3, -0.25) is 4.79 Å². The molecule has 1 aliphatic heterocycles. The number of halogens is 4. The molecule has 0 saturated carbocycles. The largest absolute Gasteiger partial charge is 0.417 e. The molecule has 156 valence electrons. The quantitative estimate of drug-likeness (QED) is 0.757. The average molecular weight is 447 g/mol. The van der Waals surface area contributed by atoms with Gasteiger partial charge in [0.15, 0.2) is 0 Å². The van der Waals surface area contributed by atoms with Gasteiger partial charge in [0.25, 0.3) is 0 Å². The van der Waals surface area contributed by atoms with E-state index in [4.69, 9.17) is 11.6 Å². The Bertz CT molecular complexity index is 998. The summed E-state index contributed by atoms with van der Waals surface area (Å²) in [5, 5.41) is 1.98. The van der Waals surface area contributed by atoms with E-state index in [1.54, 1.807) is 18.2 Å². The number of carbonyl (C=O) groups excluding carboxylic acids is 1. The van der Waals surface area contributed by atoms with Crippen molar-refractivity contribution in [2.45, 2.75) is 23.9 Å². The van der Waals surface area contributed by atoms with Crippen LogP contribution >= 0.6 is 11.6 Å². The average Bonchev–Trinajstić information content (AvgIpc) is 2.69. The summed E-state index contributed by atoms with van der Waals surface area (Å²) in [4.78, 5) is 12.7. The van der Waals surface area contributed by atoms with Crippen LogP contribution in [0, 0.1) is 5.92 Å². The third-order valence-electron chi connectivity index (χ3n) is 4.68. The van der Waals surface area contributed by atoms with E-state index in [1.807, 2.05) is 0 Å². The van der Waals surface area contributed by atoms with Gasteiger partial charge in [-0.2, -0.15) is 17.5 Å². The SMILES string of the molecule is O=C(Nc1ccc(Cl)c(C(F)(F)F)c1)[C@H]1CCCN(S(=O)(=O)c2ccccc2)C1. The van der Waals surface area contributed by atoms with Crippen LogP contribution in [0.15, 0.2) is 53.4 Å². The van der Waals surface area contributed by atoms with Gasteiger partial charge in [0.2, 0.25) is 15.9 Å². The van der Waals surface area contributed by atoms with Gasteiger partial charge in [-0.25, -0.2) is 8.42 Å². The zero-order chi connectivity index (χ0) is 21.2. The van der Waals surface area contributed by atoms with Gasteiger partial charge in [0.1, 0.15) is 0 Å². The van der Waals surface area contributed by atoms with E-state index in [1.165, 1.54) is 22.5 Å². The molecular weight excluding hydrogens is 429 g/mol. The minimum atomic E-state index is -4.65. The van der Waals surface area contributed by atoms with E-state index in [0.717, 1.165) is 12.1 Å². The van der Waals surface area contributed by atoms with Crippen LogP contribution in [0.1, 0.15) is 18.4 Å². The third kappa shape index (κ3) is 4.91. The second kappa shape index (κ2) is 8.33. The van der Waals surface area contributed by atoms with Crippen LogP contribution in [-0.4, -0.2) is 31.7 Å². The lowest BCUT2D eigenvalue weighted by Gasteiger charge is -2.31. The third-order valence-corrected chi connectivity index (χ3v) is 6.88. The number of carbonyl (C=O) groups is 1. The summed E-state index contributed by atoms with van der Waals surface area (Å²) >= 11 is 5.59. The maximum Gasteiger partial charge on any atom is 0.417 e. The summed E-state index contributed by atoms with van der Waals surface area (Å²) in [7, 11) is -3.75. The van der Waals surface area contributed by atoms with Crippen molar-refractivity contribution in [2.24, 2.45) is 5.92 Å². The number of piperidine rings is 1. The van der Waals surface area contributed by atoms with E-state index < -0.39 is 38.6 Å². The normalized spacial score (nSPS) is 18.4. The van der Waals surface area contributed by atoms with Gasteiger partial charge in [0.05, 0.1) is 21.4 Å². The Morgan fingerprint density at radius 3 is 2.48 bits per heavy atom. The Morgan fingerprint density at radius 2 is 1.83 bits per heavy atom. The summed E-state index contributed by atoms with van der Waals surface area (Å²) in [5.41, 5.74) is -1.09. The molecule has 2 aromatic carbocycles. The molecule has 3 rings (SSSR count). The molecule has 0 spiro atoms. The predicted molar refractivity (Wildman–Crippen MR) is 103 cm³/mol. The summed E-state index contributed by atoms with van der Waals surface area (Å²) < 4.78 is 65.7. The first-order valence-corrected chi connectivity index (χ1v) is 10.6.